The number of furan rings is 1. The van der Waals surface area contributed by atoms with Crippen molar-refractivity contribution in [1.29, 1.82) is 5.26 Å². The van der Waals surface area contributed by atoms with E-state index in [1.165, 1.54) is 6.26 Å². The predicted octanol–water partition coefficient (Wildman–Crippen LogP) is 2.98. The van der Waals surface area contributed by atoms with E-state index in [9.17, 15) is 10.1 Å². The molecule has 0 unspecified atom stereocenters. The van der Waals surface area contributed by atoms with Gasteiger partial charge in [-0.25, -0.2) is 0 Å². The van der Waals surface area contributed by atoms with E-state index in [1.807, 2.05) is 30.3 Å². The van der Waals surface area contributed by atoms with Crippen LogP contribution in [0.25, 0.3) is 17.0 Å². The summed E-state index contributed by atoms with van der Waals surface area (Å²) in [7, 11) is 0. The molecule has 108 valence electrons. The van der Waals surface area contributed by atoms with Crippen LogP contribution in [0.4, 0.5) is 0 Å². The highest BCUT2D eigenvalue weighted by atomic mass is 16.3. The predicted molar refractivity (Wildman–Crippen MR) is 82.4 cm³/mol. The number of carbonyl (C=O) groups excluding carboxylic acids is 1. The minimum absolute atomic E-state index is 0.0521. The number of aromatic amines is 1. The molecule has 0 aliphatic heterocycles. The highest BCUT2D eigenvalue weighted by molar-refractivity contribution is 6.03. The Labute approximate surface area is 126 Å². The Morgan fingerprint density at radius 3 is 2.95 bits per heavy atom. The summed E-state index contributed by atoms with van der Waals surface area (Å²) in [5.74, 6) is 0.210. The molecule has 0 spiro atoms. The normalized spacial score (nSPS) is 11.3. The van der Waals surface area contributed by atoms with Gasteiger partial charge < -0.3 is 14.7 Å². The van der Waals surface area contributed by atoms with Crippen LogP contribution < -0.4 is 5.32 Å². The van der Waals surface area contributed by atoms with E-state index in [0.29, 0.717) is 5.76 Å². The number of amides is 1. The van der Waals surface area contributed by atoms with Crippen LogP contribution in [0.15, 0.2) is 58.8 Å². The lowest BCUT2D eigenvalue weighted by molar-refractivity contribution is -0.117. The summed E-state index contributed by atoms with van der Waals surface area (Å²) in [6, 6.07) is 13.2. The summed E-state index contributed by atoms with van der Waals surface area (Å²) < 4.78 is 5.14. The smallest absolute Gasteiger partial charge is 0.262 e. The van der Waals surface area contributed by atoms with Crippen molar-refractivity contribution in [2.75, 3.05) is 0 Å². The second-order valence-corrected chi connectivity index (χ2v) is 4.72. The third kappa shape index (κ3) is 2.76. The van der Waals surface area contributed by atoms with Crippen molar-refractivity contribution in [3.05, 3.63) is 65.8 Å². The summed E-state index contributed by atoms with van der Waals surface area (Å²) >= 11 is 0. The molecular formula is C17H13N3O2. The van der Waals surface area contributed by atoms with Crippen molar-refractivity contribution >= 4 is 22.9 Å². The summed E-state index contributed by atoms with van der Waals surface area (Å²) in [6.45, 7) is 0.249. The molecule has 0 aliphatic rings. The SMILES string of the molecule is N#C/C(=C\c1c[nH]c2ccccc12)C(=O)NCc1ccco1. The number of nitrogens with one attached hydrogen (secondary N) is 2. The maximum atomic E-state index is 12.1. The summed E-state index contributed by atoms with van der Waals surface area (Å²) in [5.41, 5.74) is 1.82. The molecule has 2 N–H and O–H groups in total. The van der Waals surface area contributed by atoms with Gasteiger partial charge in [-0.05, 0) is 24.3 Å². The molecule has 0 aliphatic carbocycles. The summed E-state index contributed by atoms with van der Waals surface area (Å²) in [5, 5.41) is 12.8. The molecule has 0 radical (unpaired) electrons. The molecule has 2 heterocycles. The Morgan fingerprint density at radius 1 is 1.32 bits per heavy atom. The Hall–Kier alpha value is -3.26. The van der Waals surface area contributed by atoms with Gasteiger partial charge in [-0.2, -0.15) is 5.26 Å². The quantitative estimate of drug-likeness (QED) is 0.572. The van der Waals surface area contributed by atoms with Gasteiger partial charge in [-0.3, -0.25) is 4.79 Å². The molecule has 0 fully saturated rings. The van der Waals surface area contributed by atoms with Crippen molar-refractivity contribution in [3.63, 3.8) is 0 Å². The number of nitrogens with zero attached hydrogens (tertiary/aromatic N) is 1. The van der Waals surface area contributed by atoms with Gasteiger partial charge in [0, 0.05) is 22.7 Å². The zero-order chi connectivity index (χ0) is 15.4. The zero-order valence-corrected chi connectivity index (χ0v) is 11.7. The minimum Gasteiger partial charge on any atom is -0.467 e. The highest BCUT2D eigenvalue weighted by Crippen LogP contribution is 2.20. The Kier molecular flexibility index (Phi) is 3.75. The number of hydrogen-bond acceptors (Lipinski definition) is 3. The van der Waals surface area contributed by atoms with Crippen molar-refractivity contribution < 1.29 is 9.21 Å². The molecule has 3 aromatic rings. The van der Waals surface area contributed by atoms with Crippen LogP contribution >= 0.6 is 0 Å². The summed E-state index contributed by atoms with van der Waals surface area (Å²) in [4.78, 5) is 15.2. The van der Waals surface area contributed by atoms with E-state index in [0.717, 1.165) is 16.5 Å². The lowest BCUT2D eigenvalue weighted by atomic mass is 10.1. The van der Waals surface area contributed by atoms with E-state index in [1.54, 1.807) is 24.4 Å². The van der Waals surface area contributed by atoms with Gasteiger partial charge in [0.15, 0.2) is 0 Å². The van der Waals surface area contributed by atoms with Crippen molar-refractivity contribution in [1.82, 2.24) is 10.3 Å². The third-order valence-electron chi connectivity index (χ3n) is 3.29. The Balaban J connectivity index is 1.81. The van der Waals surface area contributed by atoms with Crippen molar-refractivity contribution in [3.8, 4) is 6.07 Å². The van der Waals surface area contributed by atoms with Crippen LogP contribution in [0.3, 0.4) is 0 Å². The van der Waals surface area contributed by atoms with E-state index >= 15 is 0 Å². The molecule has 1 aromatic carbocycles. The van der Waals surface area contributed by atoms with Gasteiger partial charge in [0.05, 0.1) is 12.8 Å². The molecule has 5 heteroatoms. The molecule has 3 rings (SSSR count). The van der Waals surface area contributed by atoms with Gasteiger partial charge in [0.2, 0.25) is 0 Å². The van der Waals surface area contributed by atoms with Crippen LogP contribution in [0.1, 0.15) is 11.3 Å². The first-order valence-electron chi connectivity index (χ1n) is 6.76. The topological polar surface area (TPSA) is 81.8 Å². The van der Waals surface area contributed by atoms with Gasteiger partial charge in [0.25, 0.3) is 5.91 Å². The van der Waals surface area contributed by atoms with Gasteiger partial charge in [-0.1, -0.05) is 18.2 Å². The van der Waals surface area contributed by atoms with E-state index < -0.39 is 5.91 Å². The maximum absolute atomic E-state index is 12.1. The zero-order valence-electron chi connectivity index (χ0n) is 11.7. The first kappa shape index (κ1) is 13.7. The second kappa shape index (κ2) is 6.02. The van der Waals surface area contributed by atoms with Gasteiger partial charge in [0.1, 0.15) is 17.4 Å². The number of aromatic nitrogens is 1. The first-order valence-corrected chi connectivity index (χ1v) is 6.76. The van der Waals surface area contributed by atoms with Crippen LogP contribution in [0.5, 0.6) is 0 Å². The lowest BCUT2D eigenvalue weighted by Gasteiger charge is -2.01. The van der Waals surface area contributed by atoms with E-state index in [2.05, 4.69) is 10.3 Å². The summed E-state index contributed by atoms with van der Waals surface area (Å²) in [6.07, 6.45) is 4.90. The average molecular weight is 291 g/mol. The fraction of sp³-hybridized carbons (Fsp3) is 0.0588. The van der Waals surface area contributed by atoms with Crippen molar-refractivity contribution in [2.45, 2.75) is 6.54 Å². The molecule has 5 nitrogen and oxygen atoms in total. The molecule has 1 amide bonds. The van der Waals surface area contributed by atoms with Crippen LogP contribution in [0.2, 0.25) is 0 Å². The highest BCUT2D eigenvalue weighted by Gasteiger charge is 2.11. The van der Waals surface area contributed by atoms with Crippen LogP contribution in [-0.2, 0) is 11.3 Å². The number of carbonyl (C=O) groups is 1. The monoisotopic (exact) mass is 291 g/mol. The number of H-pyrrole nitrogens is 1. The third-order valence-corrected chi connectivity index (χ3v) is 3.29. The second-order valence-electron chi connectivity index (χ2n) is 4.72. The fourth-order valence-corrected chi connectivity index (χ4v) is 2.19. The number of benzene rings is 1. The van der Waals surface area contributed by atoms with E-state index in [4.69, 9.17) is 4.42 Å². The Morgan fingerprint density at radius 2 is 2.18 bits per heavy atom. The number of rotatable bonds is 4. The molecule has 0 bridgehead atoms. The molecule has 22 heavy (non-hydrogen) atoms. The average Bonchev–Trinajstić information content (AvgIpc) is 3.20. The molecular weight excluding hydrogens is 278 g/mol. The molecule has 0 saturated heterocycles. The van der Waals surface area contributed by atoms with Gasteiger partial charge >= 0.3 is 0 Å². The number of para-hydroxylation sites is 1. The largest absolute Gasteiger partial charge is 0.467 e. The molecule has 0 saturated carbocycles. The Bertz CT molecular complexity index is 867. The number of hydrogen-bond donors (Lipinski definition) is 2. The van der Waals surface area contributed by atoms with E-state index in [-0.39, 0.29) is 12.1 Å². The lowest BCUT2D eigenvalue weighted by Crippen LogP contribution is -2.23. The van der Waals surface area contributed by atoms with Gasteiger partial charge in [-0.15, -0.1) is 0 Å². The molecule has 2 aromatic heterocycles. The van der Waals surface area contributed by atoms with Crippen LogP contribution in [-0.4, -0.2) is 10.9 Å². The van der Waals surface area contributed by atoms with Crippen molar-refractivity contribution in [2.24, 2.45) is 0 Å². The number of fused-ring (bicyclic) bond motifs is 1. The molecule has 0 atom stereocenters. The van der Waals surface area contributed by atoms with Crippen LogP contribution in [0, 0.1) is 11.3 Å². The minimum atomic E-state index is -0.427. The standard InChI is InChI=1S/C17H13N3O2/c18-9-12(17(21)20-11-14-4-3-7-22-14)8-13-10-19-16-6-2-1-5-15(13)16/h1-8,10,19H,11H2,(H,20,21)/b12-8+. The first-order chi connectivity index (χ1) is 10.8. The maximum Gasteiger partial charge on any atom is 0.262 e. The fourth-order valence-electron chi connectivity index (χ4n) is 2.19. The number of nitriles is 1.